The number of carbonyl (C=O) groups is 1. The average molecular weight is 345 g/mol. The topological polar surface area (TPSA) is 45.7 Å². The van der Waals surface area contributed by atoms with Gasteiger partial charge < -0.3 is 14.5 Å². The highest BCUT2D eigenvalue weighted by Gasteiger charge is 2.35. The molecule has 0 bridgehead atoms. The van der Waals surface area contributed by atoms with Gasteiger partial charge in [0.25, 0.3) is 0 Å². The standard InChI is InChI=1S/C20H31N3O2/c1-20(2,3)25-19(24)23-15-9-11-17(23)16-10-8-12-21-18(16)22-13-6-4-5-7-14-22/h8,10,12,17H,4-7,9,11,13-15H2,1-3H3/t17-/m0/s1. The molecule has 3 heterocycles. The van der Waals surface area contributed by atoms with E-state index in [9.17, 15) is 4.79 Å². The summed E-state index contributed by atoms with van der Waals surface area (Å²) in [4.78, 5) is 21.7. The maximum absolute atomic E-state index is 12.7. The number of hydrogen-bond donors (Lipinski definition) is 0. The lowest BCUT2D eigenvalue weighted by Gasteiger charge is -2.31. The van der Waals surface area contributed by atoms with Crippen molar-refractivity contribution in [2.24, 2.45) is 0 Å². The van der Waals surface area contributed by atoms with E-state index in [-0.39, 0.29) is 12.1 Å². The van der Waals surface area contributed by atoms with Crippen LogP contribution in [0.4, 0.5) is 10.6 Å². The molecule has 2 saturated heterocycles. The van der Waals surface area contributed by atoms with Crippen molar-refractivity contribution < 1.29 is 9.53 Å². The van der Waals surface area contributed by atoms with Crippen molar-refractivity contribution in [1.29, 1.82) is 0 Å². The highest BCUT2D eigenvalue weighted by molar-refractivity contribution is 5.70. The first-order valence-corrected chi connectivity index (χ1v) is 9.65. The number of nitrogens with zero attached hydrogens (tertiary/aromatic N) is 3. The van der Waals surface area contributed by atoms with Gasteiger partial charge in [0.05, 0.1) is 6.04 Å². The number of aromatic nitrogens is 1. The second-order valence-corrected chi connectivity index (χ2v) is 8.15. The highest BCUT2D eigenvalue weighted by Crippen LogP contribution is 2.37. The minimum atomic E-state index is -0.465. The van der Waals surface area contributed by atoms with Gasteiger partial charge in [0.2, 0.25) is 0 Å². The van der Waals surface area contributed by atoms with Crippen molar-refractivity contribution >= 4 is 11.9 Å². The molecule has 2 aliphatic rings. The van der Waals surface area contributed by atoms with Crippen molar-refractivity contribution in [3.05, 3.63) is 23.9 Å². The Morgan fingerprint density at radius 3 is 2.52 bits per heavy atom. The Morgan fingerprint density at radius 1 is 1.12 bits per heavy atom. The summed E-state index contributed by atoms with van der Waals surface area (Å²) in [6, 6.07) is 4.20. The van der Waals surface area contributed by atoms with E-state index >= 15 is 0 Å². The summed E-state index contributed by atoms with van der Waals surface area (Å²) in [5, 5.41) is 0. The quantitative estimate of drug-likeness (QED) is 0.790. The summed E-state index contributed by atoms with van der Waals surface area (Å²) in [7, 11) is 0. The maximum atomic E-state index is 12.7. The van der Waals surface area contributed by atoms with Crippen LogP contribution in [-0.2, 0) is 4.74 Å². The molecular weight excluding hydrogens is 314 g/mol. The smallest absolute Gasteiger partial charge is 0.410 e. The number of likely N-dealkylation sites (tertiary alicyclic amines) is 1. The number of carbonyl (C=O) groups excluding carboxylic acids is 1. The molecule has 0 aliphatic carbocycles. The Morgan fingerprint density at radius 2 is 1.84 bits per heavy atom. The van der Waals surface area contributed by atoms with Crippen LogP contribution in [0.25, 0.3) is 0 Å². The van der Waals surface area contributed by atoms with Crippen molar-refractivity contribution in [2.45, 2.75) is 70.9 Å². The average Bonchev–Trinajstić information content (AvgIpc) is 2.89. The summed E-state index contributed by atoms with van der Waals surface area (Å²) >= 11 is 0. The lowest BCUT2D eigenvalue weighted by molar-refractivity contribution is 0.0224. The van der Waals surface area contributed by atoms with Gasteiger partial charge in [-0.3, -0.25) is 0 Å². The minimum Gasteiger partial charge on any atom is -0.444 e. The van der Waals surface area contributed by atoms with Gasteiger partial charge in [-0.25, -0.2) is 9.78 Å². The molecular formula is C20H31N3O2. The zero-order valence-electron chi connectivity index (χ0n) is 15.8. The predicted molar refractivity (Wildman–Crippen MR) is 99.8 cm³/mol. The minimum absolute atomic E-state index is 0.0711. The van der Waals surface area contributed by atoms with Gasteiger partial charge in [0, 0.05) is 31.4 Å². The summed E-state index contributed by atoms with van der Waals surface area (Å²) in [6.07, 6.45) is 8.69. The van der Waals surface area contributed by atoms with Crippen LogP contribution in [0.1, 0.15) is 70.9 Å². The Labute approximate surface area is 151 Å². The number of rotatable bonds is 2. The third-order valence-electron chi connectivity index (χ3n) is 4.96. The molecule has 2 fully saturated rings. The molecule has 138 valence electrons. The fourth-order valence-corrected chi connectivity index (χ4v) is 3.85. The Kier molecular flexibility index (Phi) is 5.50. The van der Waals surface area contributed by atoms with Crippen LogP contribution in [0.5, 0.6) is 0 Å². The second kappa shape index (κ2) is 7.63. The van der Waals surface area contributed by atoms with Crippen LogP contribution >= 0.6 is 0 Å². The fourth-order valence-electron chi connectivity index (χ4n) is 3.85. The maximum Gasteiger partial charge on any atom is 0.410 e. The molecule has 1 amide bonds. The SMILES string of the molecule is CC(C)(C)OC(=O)N1CCC[C@H]1c1cccnc1N1CCCCCC1. The van der Waals surface area contributed by atoms with Crippen LogP contribution in [0.3, 0.4) is 0 Å². The van der Waals surface area contributed by atoms with E-state index in [0.717, 1.165) is 38.3 Å². The summed E-state index contributed by atoms with van der Waals surface area (Å²) in [5.41, 5.74) is 0.708. The summed E-state index contributed by atoms with van der Waals surface area (Å²) < 4.78 is 5.63. The van der Waals surface area contributed by atoms with Crippen LogP contribution in [-0.4, -0.2) is 41.2 Å². The van der Waals surface area contributed by atoms with Crippen molar-refractivity contribution in [3.63, 3.8) is 0 Å². The first-order valence-electron chi connectivity index (χ1n) is 9.65. The van der Waals surface area contributed by atoms with E-state index < -0.39 is 5.60 Å². The van der Waals surface area contributed by atoms with E-state index in [1.54, 1.807) is 0 Å². The number of amides is 1. The first kappa shape index (κ1) is 18.0. The molecule has 5 nitrogen and oxygen atoms in total. The molecule has 1 aromatic rings. The summed E-state index contributed by atoms with van der Waals surface area (Å²) in [6.45, 7) is 8.63. The third kappa shape index (κ3) is 4.44. The third-order valence-corrected chi connectivity index (χ3v) is 4.96. The Bertz CT molecular complexity index is 589. The summed E-state index contributed by atoms with van der Waals surface area (Å²) in [5.74, 6) is 1.06. The number of pyridine rings is 1. The second-order valence-electron chi connectivity index (χ2n) is 8.15. The van der Waals surface area contributed by atoms with Gasteiger partial charge in [-0.15, -0.1) is 0 Å². The lowest BCUT2D eigenvalue weighted by atomic mass is 10.0. The van der Waals surface area contributed by atoms with Crippen LogP contribution in [0.15, 0.2) is 18.3 Å². The first-order chi connectivity index (χ1) is 12.0. The largest absolute Gasteiger partial charge is 0.444 e. The lowest BCUT2D eigenvalue weighted by Crippen LogP contribution is -2.37. The van der Waals surface area contributed by atoms with E-state index in [2.05, 4.69) is 11.0 Å². The molecule has 0 N–H and O–H groups in total. The molecule has 1 atom stereocenters. The van der Waals surface area contributed by atoms with E-state index in [1.165, 1.54) is 31.2 Å². The van der Waals surface area contributed by atoms with Gasteiger partial charge in [0.15, 0.2) is 0 Å². The molecule has 25 heavy (non-hydrogen) atoms. The van der Waals surface area contributed by atoms with E-state index in [0.29, 0.717) is 0 Å². The number of hydrogen-bond acceptors (Lipinski definition) is 4. The van der Waals surface area contributed by atoms with Crippen molar-refractivity contribution in [1.82, 2.24) is 9.88 Å². The molecule has 1 aromatic heterocycles. The molecule has 0 spiro atoms. The molecule has 2 aliphatic heterocycles. The Hall–Kier alpha value is -1.78. The normalized spacial score (nSPS) is 22.0. The zero-order chi connectivity index (χ0) is 17.9. The molecule has 3 rings (SSSR count). The number of ether oxygens (including phenoxy) is 1. The van der Waals surface area contributed by atoms with Crippen LogP contribution in [0, 0.1) is 0 Å². The fraction of sp³-hybridized carbons (Fsp3) is 0.700. The van der Waals surface area contributed by atoms with Gasteiger partial charge in [0.1, 0.15) is 11.4 Å². The van der Waals surface area contributed by atoms with E-state index in [1.807, 2.05) is 37.9 Å². The van der Waals surface area contributed by atoms with Crippen LogP contribution in [0.2, 0.25) is 0 Å². The molecule has 0 unspecified atom stereocenters. The monoisotopic (exact) mass is 345 g/mol. The van der Waals surface area contributed by atoms with Crippen molar-refractivity contribution in [3.8, 4) is 0 Å². The predicted octanol–water partition coefficient (Wildman–Crippen LogP) is 4.53. The van der Waals surface area contributed by atoms with Crippen LogP contribution < -0.4 is 4.90 Å². The van der Waals surface area contributed by atoms with Gasteiger partial charge in [-0.2, -0.15) is 0 Å². The Balaban J connectivity index is 1.84. The molecule has 5 heteroatoms. The molecule has 0 aromatic carbocycles. The zero-order valence-corrected chi connectivity index (χ0v) is 15.8. The highest BCUT2D eigenvalue weighted by atomic mass is 16.6. The van der Waals surface area contributed by atoms with Crippen molar-refractivity contribution in [2.75, 3.05) is 24.5 Å². The molecule has 0 saturated carbocycles. The van der Waals surface area contributed by atoms with Gasteiger partial charge in [-0.05, 0) is 52.5 Å². The van der Waals surface area contributed by atoms with Gasteiger partial charge >= 0.3 is 6.09 Å². The van der Waals surface area contributed by atoms with Gasteiger partial charge in [-0.1, -0.05) is 18.9 Å². The molecule has 0 radical (unpaired) electrons. The number of anilines is 1. The van der Waals surface area contributed by atoms with E-state index in [4.69, 9.17) is 9.72 Å².